The van der Waals surface area contributed by atoms with E-state index in [4.69, 9.17) is 5.11 Å². The standard InChI is InChI=1S/C9H8O3/c1-6-7(3-10)2-8(4-11)9(6)5-12/h2-5,11H,1H3/b8-4+. The van der Waals surface area contributed by atoms with Gasteiger partial charge in [-0.05, 0) is 18.6 Å². The van der Waals surface area contributed by atoms with Crippen LogP contribution in [0.25, 0.3) is 0 Å². The zero-order chi connectivity index (χ0) is 9.14. The molecule has 3 nitrogen and oxygen atoms in total. The fourth-order valence-electron chi connectivity index (χ4n) is 1.11. The third-order valence-electron chi connectivity index (χ3n) is 1.84. The van der Waals surface area contributed by atoms with Crippen molar-refractivity contribution in [1.82, 2.24) is 0 Å². The number of hydrogen-bond donors (Lipinski definition) is 1. The van der Waals surface area contributed by atoms with Crippen molar-refractivity contribution >= 4 is 12.6 Å². The quantitative estimate of drug-likeness (QED) is 0.490. The van der Waals surface area contributed by atoms with Crippen LogP contribution >= 0.6 is 0 Å². The van der Waals surface area contributed by atoms with E-state index in [-0.39, 0.29) is 0 Å². The van der Waals surface area contributed by atoms with E-state index in [1.165, 1.54) is 6.08 Å². The molecule has 0 aromatic rings. The lowest BCUT2D eigenvalue weighted by atomic mass is 10.1. The van der Waals surface area contributed by atoms with Crippen LogP contribution in [0, 0.1) is 0 Å². The van der Waals surface area contributed by atoms with Crippen LogP contribution in [-0.4, -0.2) is 17.7 Å². The van der Waals surface area contributed by atoms with E-state index in [1.54, 1.807) is 6.92 Å². The van der Waals surface area contributed by atoms with Gasteiger partial charge in [0, 0.05) is 16.7 Å². The minimum atomic E-state index is 0.375. The smallest absolute Gasteiger partial charge is 0.151 e. The topological polar surface area (TPSA) is 54.4 Å². The van der Waals surface area contributed by atoms with Crippen LogP contribution in [0.4, 0.5) is 0 Å². The van der Waals surface area contributed by atoms with Crippen LogP contribution in [0.15, 0.2) is 34.6 Å². The Morgan fingerprint density at radius 3 is 2.33 bits per heavy atom. The number of aliphatic hydroxyl groups excluding tert-OH is 1. The highest BCUT2D eigenvalue weighted by Crippen LogP contribution is 2.27. The Bertz CT molecular complexity index is 319. The molecule has 0 unspecified atom stereocenters. The maximum absolute atomic E-state index is 10.5. The molecule has 0 amide bonds. The Balaban J connectivity index is 3.24. The van der Waals surface area contributed by atoms with Gasteiger partial charge in [-0.1, -0.05) is 0 Å². The molecule has 0 saturated carbocycles. The molecule has 0 saturated heterocycles. The highest BCUT2D eigenvalue weighted by Gasteiger charge is 2.17. The van der Waals surface area contributed by atoms with Gasteiger partial charge in [-0.3, -0.25) is 9.59 Å². The lowest BCUT2D eigenvalue weighted by Gasteiger charge is -1.94. The summed E-state index contributed by atoms with van der Waals surface area (Å²) in [5.41, 5.74) is 1.82. The number of rotatable bonds is 2. The van der Waals surface area contributed by atoms with Gasteiger partial charge in [0.2, 0.25) is 0 Å². The number of carbonyl (C=O) groups is 2. The Labute approximate surface area is 69.7 Å². The monoisotopic (exact) mass is 164 g/mol. The molecule has 0 spiro atoms. The summed E-state index contributed by atoms with van der Waals surface area (Å²) in [5, 5.41) is 8.68. The molecule has 0 aromatic carbocycles. The van der Waals surface area contributed by atoms with Crippen molar-refractivity contribution in [2.45, 2.75) is 6.92 Å². The van der Waals surface area contributed by atoms with Crippen molar-refractivity contribution in [3.05, 3.63) is 34.6 Å². The van der Waals surface area contributed by atoms with Crippen LogP contribution in [0.1, 0.15) is 6.92 Å². The van der Waals surface area contributed by atoms with Gasteiger partial charge < -0.3 is 5.11 Å². The summed E-state index contributed by atoms with van der Waals surface area (Å²) in [6, 6.07) is 0. The van der Waals surface area contributed by atoms with Crippen LogP contribution in [0.5, 0.6) is 0 Å². The third kappa shape index (κ3) is 1.09. The van der Waals surface area contributed by atoms with Gasteiger partial charge >= 0.3 is 0 Å². The first-order chi connectivity index (χ1) is 5.74. The van der Waals surface area contributed by atoms with Gasteiger partial charge in [0.05, 0.1) is 6.26 Å². The Hall–Kier alpha value is -1.64. The zero-order valence-corrected chi connectivity index (χ0v) is 6.57. The van der Waals surface area contributed by atoms with Crippen molar-refractivity contribution in [3.63, 3.8) is 0 Å². The summed E-state index contributed by atoms with van der Waals surface area (Å²) in [4.78, 5) is 20.9. The van der Waals surface area contributed by atoms with Crippen molar-refractivity contribution in [1.29, 1.82) is 0 Å². The highest BCUT2D eigenvalue weighted by atomic mass is 16.2. The second-order valence-electron chi connectivity index (χ2n) is 2.46. The molecule has 3 heteroatoms. The fraction of sp³-hybridized carbons (Fsp3) is 0.111. The minimum absolute atomic E-state index is 0.375. The molecule has 0 aliphatic heterocycles. The molecule has 1 aliphatic carbocycles. The molecule has 0 atom stereocenters. The summed E-state index contributed by atoms with van der Waals surface area (Å²) >= 11 is 0. The summed E-state index contributed by atoms with van der Waals surface area (Å²) in [5.74, 6) is 0. The molecule has 1 aliphatic rings. The van der Waals surface area contributed by atoms with Crippen LogP contribution in [0.3, 0.4) is 0 Å². The third-order valence-corrected chi connectivity index (χ3v) is 1.84. The van der Waals surface area contributed by atoms with E-state index in [1.807, 2.05) is 0 Å². The molecule has 1 N–H and O–H groups in total. The van der Waals surface area contributed by atoms with Gasteiger partial charge in [-0.25, -0.2) is 0 Å². The second kappa shape index (κ2) is 3.17. The normalized spacial score (nSPS) is 19.8. The number of carbonyl (C=O) groups excluding carboxylic acids is 2. The number of aliphatic hydroxyl groups is 1. The summed E-state index contributed by atoms with van der Waals surface area (Å²) in [6.07, 6.45) is 3.59. The van der Waals surface area contributed by atoms with E-state index < -0.39 is 0 Å². The molecule has 12 heavy (non-hydrogen) atoms. The SMILES string of the molecule is CC1=C(C=O)/C(=C/O)C=C1C=O. The van der Waals surface area contributed by atoms with Crippen LogP contribution < -0.4 is 0 Å². The molecule has 0 heterocycles. The van der Waals surface area contributed by atoms with E-state index in [9.17, 15) is 9.59 Å². The summed E-state index contributed by atoms with van der Waals surface area (Å²) in [7, 11) is 0. The first kappa shape index (κ1) is 8.46. The van der Waals surface area contributed by atoms with E-state index in [0.717, 1.165) is 6.26 Å². The largest absolute Gasteiger partial charge is 0.515 e. The number of allylic oxidation sites excluding steroid dienone is 5. The van der Waals surface area contributed by atoms with Gasteiger partial charge in [0.1, 0.15) is 6.29 Å². The Kier molecular flexibility index (Phi) is 2.24. The molecule has 0 bridgehead atoms. The minimum Gasteiger partial charge on any atom is -0.515 e. The first-order valence-electron chi connectivity index (χ1n) is 3.42. The molecule has 0 aromatic heterocycles. The van der Waals surface area contributed by atoms with Crippen molar-refractivity contribution in [2.75, 3.05) is 0 Å². The van der Waals surface area contributed by atoms with Crippen molar-refractivity contribution in [3.8, 4) is 0 Å². The molecule has 0 radical (unpaired) electrons. The fourth-order valence-corrected chi connectivity index (χ4v) is 1.11. The Morgan fingerprint density at radius 2 is 2.00 bits per heavy atom. The van der Waals surface area contributed by atoms with Gasteiger partial charge in [0.15, 0.2) is 6.29 Å². The molecule has 0 fully saturated rings. The van der Waals surface area contributed by atoms with Crippen molar-refractivity contribution < 1.29 is 14.7 Å². The van der Waals surface area contributed by atoms with E-state index >= 15 is 0 Å². The van der Waals surface area contributed by atoms with Gasteiger partial charge in [-0.15, -0.1) is 0 Å². The number of hydrogen-bond acceptors (Lipinski definition) is 3. The lowest BCUT2D eigenvalue weighted by Crippen LogP contribution is -1.88. The Morgan fingerprint density at radius 1 is 1.33 bits per heavy atom. The van der Waals surface area contributed by atoms with E-state index in [2.05, 4.69) is 0 Å². The highest BCUT2D eigenvalue weighted by molar-refractivity contribution is 5.95. The maximum Gasteiger partial charge on any atom is 0.151 e. The maximum atomic E-state index is 10.5. The average molecular weight is 164 g/mol. The first-order valence-corrected chi connectivity index (χ1v) is 3.42. The molecule has 62 valence electrons. The predicted octanol–water partition coefficient (Wildman–Crippen LogP) is 1.08. The average Bonchev–Trinajstić information content (AvgIpc) is 2.41. The predicted molar refractivity (Wildman–Crippen MR) is 43.6 cm³/mol. The lowest BCUT2D eigenvalue weighted by molar-refractivity contribution is -0.105. The molecular formula is C9H8O3. The molecule has 1 rings (SSSR count). The van der Waals surface area contributed by atoms with E-state index in [0.29, 0.717) is 34.9 Å². The summed E-state index contributed by atoms with van der Waals surface area (Å²) < 4.78 is 0. The molecular weight excluding hydrogens is 156 g/mol. The van der Waals surface area contributed by atoms with Crippen molar-refractivity contribution in [2.24, 2.45) is 0 Å². The van der Waals surface area contributed by atoms with Crippen LogP contribution in [0.2, 0.25) is 0 Å². The number of aldehydes is 2. The zero-order valence-electron chi connectivity index (χ0n) is 6.57. The van der Waals surface area contributed by atoms with Crippen LogP contribution in [-0.2, 0) is 9.59 Å². The summed E-state index contributed by atoms with van der Waals surface area (Å²) in [6.45, 7) is 1.67. The van der Waals surface area contributed by atoms with Gasteiger partial charge in [0.25, 0.3) is 0 Å². The second-order valence-corrected chi connectivity index (χ2v) is 2.46. The van der Waals surface area contributed by atoms with Gasteiger partial charge in [-0.2, -0.15) is 0 Å².